The van der Waals surface area contributed by atoms with Crippen molar-refractivity contribution in [2.24, 2.45) is 5.10 Å². The minimum absolute atomic E-state index is 0.187. The first-order valence-electron chi connectivity index (χ1n) is 11.5. The largest absolute Gasteiger partial charge is 0.496 e. The van der Waals surface area contributed by atoms with Gasteiger partial charge in [0.25, 0.3) is 17.0 Å². The number of oxazole rings is 1. The molecule has 0 saturated carbocycles. The molecule has 0 unspecified atom stereocenters. The summed E-state index contributed by atoms with van der Waals surface area (Å²) in [5.41, 5.74) is 6.85. The van der Waals surface area contributed by atoms with Gasteiger partial charge < -0.3 is 14.5 Å². The summed E-state index contributed by atoms with van der Waals surface area (Å²) < 4.78 is 11.3. The molecule has 8 nitrogen and oxygen atoms in total. The van der Waals surface area contributed by atoms with Crippen LogP contribution in [0.3, 0.4) is 0 Å². The highest BCUT2D eigenvalue weighted by molar-refractivity contribution is 7.98. The maximum Gasteiger partial charge on any atom is 0.271 e. The number of ether oxygens (including phenoxy) is 1. The number of thiophene rings is 1. The minimum Gasteiger partial charge on any atom is -0.496 e. The summed E-state index contributed by atoms with van der Waals surface area (Å²) in [5, 5.41) is 9.32. The summed E-state index contributed by atoms with van der Waals surface area (Å²) >= 11 is 2.83. The van der Waals surface area contributed by atoms with Crippen LogP contribution in [0.15, 0.2) is 99.0 Å². The molecule has 0 fully saturated rings. The van der Waals surface area contributed by atoms with Gasteiger partial charge in [-0.1, -0.05) is 30.0 Å². The lowest BCUT2D eigenvalue weighted by atomic mass is 10.1. The third-order valence-corrected chi connectivity index (χ3v) is 7.21. The number of hydrazone groups is 1. The molecule has 0 aliphatic rings. The average molecular weight is 543 g/mol. The van der Waals surface area contributed by atoms with Crippen molar-refractivity contribution in [2.75, 3.05) is 12.4 Å². The van der Waals surface area contributed by atoms with Crippen LogP contribution in [-0.2, 0) is 5.75 Å². The topological polar surface area (TPSA) is 106 Å². The number of carbonyl (C=O) groups is 2. The molecule has 0 spiro atoms. The van der Waals surface area contributed by atoms with Crippen molar-refractivity contribution >= 4 is 57.9 Å². The van der Waals surface area contributed by atoms with Crippen molar-refractivity contribution in [3.63, 3.8) is 0 Å². The molecule has 0 radical (unpaired) electrons. The molecule has 2 heterocycles. The van der Waals surface area contributed by atoms with Crippen molar-refractivity contribution in [3.05, 3.63) is 106 Å². The Morgan fingerprint density at radius 2 is 1.89 bits per heavy atom. The standard InChI is InChI=1S/C28H22N4O4S2/c1-35-23-13-8-18(15-20(23)17-38-28-31-22-5-2-3-6-24(22)36-28)16-29-32-26(33)19-9-11-21(12-10-19)30-27(34)25-7-4-14-37-25/h2-16H,17H2,1H3,(H,30,34)(H,32,33)/b29-16-. The van der Waals surface area contributed by atoms with Crippen LogP contribution >= 0.6 is 23.1 Å². The highest BCUT2D eigenvalue weighted by atomic mass is 32.2. The number of rotatable bonds is 9. The number of anilines is 1. The number of hydrogen-bond acceptors (Lipinski definition) is 8. The molecular weight excluding hydrogens is 520 g/mol. The number of nitrogens with zero attached hydrogens (tertiary/aromatic N) is 2. The maximum absolute atomic E-state index is 12.5. The fraction of sp³-hybridized carbons (Fsp3) is 0.0714. The molecule has 0 bridgehead atoms. The third kappa shape index (κ3) is 6.10. The molecule has 3 aromatic carbocycles. The van der Waals surface area contributed by atoms with E-state index in [0.717, 1.165) is 28.0 Å². The van der Waals surface area contributed by atoms with Crippen LogP contribution in [0.1, 0.15) is 31.2 Å². The summed E-state index contributed by atoms with van der Waals surface area (Å²) in [4.78, 5) is 29.8. The highest BCUT2D eigenvalue weighted by Crippen LogP contribution is 2.30. The van der Waals surface area contributed by atoms with E-state index in [0.29, 0.717) is 27.1 Å². The number of thioether (sulfide) groups is 1. The predicted octanol–water partition coefficient (Wildman–Crippen LogP) is 6.21. The Hall–Kier alpha value is -4.41. The van der Waals surface area contributed by atoms with Crippen LogP contribution in [-0.4, -0.2) is 30.1 Å². The van der Waals surface area contributed by atoms with Crippen LogP contribution in [0.4, 0.5) is 5.69 Å². The first-order valence-corrected chi connectivity index (χ1v) is 13.4. The van der Waals surface area contributed by atoms with Crippen molar-refractivity contribution < 1.29 is 18.7 Å². The second kappa shape index (κ2) is 11.8. The fourth-order valence-electron chi connectivity index (χ4n) is 3.58. The molecule has 190 valence electrons. The van der Waals surface area contributed by atoms with Crippen molar-refractivity contribution in [3.8, 4) is 5.75 Å². The Bertz CT molecular complexity index is 1560. The smallest absolute Gasteiger partial charge is 0.271 e. The summed E-state index contributed by atoms with van der Waals surface area (Å²) in [6.45, 7) is 0. The van der Waals surface area contributed by atoms with E-state index in [4.69, 9.17) is 9.15 Å². The quantitative estimate of drug-likeness (QED) is 0.130. The zero-order valence-electron chi connectivity index (χ0n) is 20.2. The van der Waals surface area contributed by atoms with Crippen LogP contribution in [0.5, 0.6) is 5.75 Å². The zero-order chi connectivity index (χ0) is 26.3. The number of benzene rings is 3. The molecule has 2 amide bonds. The molecule has 0 saturated heterocycles. The second-order valence-corrected chi connectivity index (χ2v) is 9.89. The number of carbonyl (C=O) groups excluding carboxylic acids is 2. The predicted molar refractivity (Wildman–Crippen MR) is 150 cm³/mol. The van der Waals surface area contributed by atoms with Gasteiger partial charge in [0, 0.05) is 22.6 Å². The van der Waals surface area contributed by atoms with Gasteiger partial charge in [0.15, 0.2) is 5.58 Å². The van der Waals surface area contributed by atoms with Gasteiger partial charge in [0.2, 0.25) is 0 Å². The number of methoxy groups -OCH3 is 1. The lowest BCUT2D eigenvalue weighted by molar-refractivity contribution is 0.0954. The van der Waals surface area contributed by atoms with Crippen LogP contribution < -0.4 is 15.5 Å². The van der Waals surface area contributed by atoms with E-state index in [1.807, 2.05) is 53.9 Å². The average Bonchev–Trinajstić information content (AvgIpc) is 3.63. The molecule has 0 atom stereocenters. The highest BCUT2D eigenvalue weighted by Gasteiger charge is 2.11. The molecule has 10 heteroatoms. The molecule has 5 aromatic rings. The summed E-state index contributed by atoms with van der Waals surface area (Å²) in [5.74, 6) is 0.769. The Balaban J connectivity index is 1.18. The van der Waals surface area contributed by atoms with Gasteiger partial charge in [0.05, 0.1) is 18.2 Å². The second-order valence-electron chi connectivity index (χ2n) is 8.02. The van der Waals surface area contributed by atoms with Crippen molar-refractivity contribution in [1.82, 2.24) is 10.4 Å². The summed E-state index contributed by atoms with van der Waals surface area (Å²) in [6.07, 6.45) is 1.57. The summed E-state index contributed by atoms with van der Waals surface area (Å²) in [6, 6.07) is 23.5. The van der Waals surface area contributed by atoms with E-state index in [9.17, 15) is 9.59 Å². The Labute approximate surface area is 226 Å². The lowest BCUT2D eigenvalue weighted by Gasteiger charge is -2.08. The Morgan fingerprint density at radius 3 is 2.66 bits per heavy atom. The molecule has 2 N–H and O–H groups in total. The molecule has 2 aromatic heterocycles. The number of hydrogen-bond donors (Lipinski definition) is 2. The zero-order valence-corrected chi connectivity index (χ0v) is 21.8. The van der Waals surface area contributed by atoms with Gasteiger partial charge in [-0.15, -0.1) is 11.3 Å². The molecule has 0 aliphatic heterocycles. The van der Waals surface area contributed by atoms with Crippen LogP contribution in [0.25, 0.3) is 11.1 Å². The van der Waals surface area contributed by atoms with E-state index in [2.05, 4.69) is 20.8 Å². The fourth-order valence-corrected chi connectivity index (χ4v) is 5.01. The first kappa shape index (κ1) is 25.2. The van der Waals surface area contributed by atoms with Gasteiger partial charge in [0.1, 0.15) is 11.3 Å². The molecular formula is C28H22N4O4S2. The first-order chi connectivity index (χ1) is 18.6. The number of para-hydroxylation sites is 2. The van der Waals surface area contributed by atoms with E-state index >= 15 is 0 Å². The van der Waals surface area contributed by atoms with E-state index in [1.165, 1.54) is 23.1 Å². The Kier molecular flexibility index (Phi) is 7.81. The van der Waals surface area contributed by atoms with Crippen LogP contribution in [0.2, 0.25) is 0 Å². The lowest BCUT2D eigenvalue weighted by Crippen LogP contribution is -2.17. The molecule has 0 aliphatic carbocycles. The van der Waals surface area contributed by atoms with Gasteiger partial charge in [-0.3, -0.25) is 9.59 Å². The van der Waals surface area contributed by atoms with Crippen molar-refractivity contribution in [2.45, 2.75) is 11.0 Å². The monoisotopic (exact) mass is 542 g/mol. The van der Waals surface area contributed by atoms with Crippen molar-refractivity contribution in [1.29, 1.82) is 0 Å². The van der Waals surface area contributed by atoms with Gasteiger partial charge in [-0.25, -0.2) is 10.4 Å². The number of fused-ring (bicyclic) bond motifs is 1. The van der Waals surface area contributed by atoms with E-state index in [-0.39, 0.29) is 11.8 Å². The summed E-state index contributed by atoms with van der Waals surface area (Å²) in [7, 11) is 1.62. The van der Waals surface area contributed by atoms with Gasteiger partial charge in [-0.05, 0) is 71.6 Å². The number of nitrogens with one attached hydrogen (secondary N) is 2. The van der Waals surface area contributed by atoms with E-state index in [1.54, 1.807) is 43.7 Å². The van der Waals surface area contributed by atoms with Gasteiger partial charge in [-0.2, -0.15) is 5.10 Å². The van der Waals surface area contributed by atoms with E-state index < -0.39 is 0 Å². The minimum atomic E-state index is -0.363. The van der Waals surface area contributed by atoms with Crippen LogP contribution in [0, 0.1) is 0 Å². The van der Waals surface area contributed by atoms with Gasteiger partial charge >= 0.3 is 0 Å². The normalized spacial score (nSPS) is 11.1. The molecule has 5 rings (SSSR count). The SMILES string of the molecule is COc1ccc(/C=N\NC(=O)c2ccc(NC(=O)c3cccs3)cc2)cc1CSc1nc2ccccc2o1. The Morgan fingerprint density at radius 1 is 1.05 bits per heavy atom. The third-order valence-electron chi connectivity index (χ3n) is 5.46. The maximum atomic E-state index is 12.5. The number of amides is 2. The molecule has 38 heavy (non-hydrogen) atoms. The number of aromatic nitrogens is 1.